The van der Waals surface area contributed by atoms with Crippen molar-refractivity contribution in [3.05, 3.63) is 24.0 Å². The van der Waals surface area contributed by atoms with Crippen LogP contribution in [0, 0.1) is 5.82 Å². The molecule has 136 valence electrons. The number of carbonyl (C=O) groups is 1. The lowest BCUT2D eigenvalue weighted by Crippen LogP contribution is -2.43. The maximum Gasteiger partial charge on any atom is 0.422 e. The van der Waals surface area contributed by atoms with Gasteiger partial charge in [-0.15, -0.1) is 12.4 Å². The third kappa shape index (κ3) is 6.90. The highest BCUT2D eigenvalue weighted by Crippen LogP contribution is 2.27. The van der Waals surface area contributed by atoms with Crippen LogP contribution >= 0.6 is 12.4 Å². The Morgan fingerprint density at radius 1 is 1.42 bits per heavy atom. The minimum absolute atomic E-state index is 0. The van der Waals surface area contributed by atoms with Crippen molar-refractivity contribution in [1.82, 2.24) is 5.32 Å². The summed E-state index contributed by atoms with van der Waals surface area (Å²) in [6.45, 7) is -0.0223. The number of morpholine rings is 1. The fraction of sp³-hybridized carbons (Fsp3) is 0.500. The van der Waals surface area contributed by atoms with Gasteiger partial charge in [-0.3, -0.25) is 4.79 Å². The summed E-state index contributed by atoms with van der Waals surface area (Å²) in [7, 11) is 0. The van der Waals surface area contributed by atoms with Crippen LogP contribution in [-0.4, -0.2) is 44.5 Å². The van der Waals surface area contributed by atoms with Crippen molar-refractivity contribution >= 4 is 24.0 Å². The van der Waals surface area contributed by atoms with E-state index in [1.54, 1.807) is 0 Å². The Bertz CT molecular complexity index is 551. The molecule has 2 rings (SSSR count). The lowest BCUT2D eigenvalue weighted by atomic mass is 10.2. The van der Waals surface area contributed by atoms with Crippen LogP contribution in [0.2, 0.25) is 0 Å². The fourth-order valence-corrected chi connectivity index (χ4v) is 2.05. The Morgan fingerprint density at radius 3 is 2.79 bits per heavy atom. The fourth-order valence-electron chi connectivity index (χ4n) is 2.05. The Hall–Kier alpha value is -1.58. The lowest BCUT2D eigenvalue weighted by Gasteiger charge is -2.23. The van der Waals surface area contributed by atoms with E-state index in [1.165, 1.54) is 0 Å². The number of ether oxygens (including phenoxy) is 2. The summed E-state index contributed by atoms with van der Waals surface area (Å²) in [6, 6.07) is 2.80. The van der Waals surface area contributed by atoms with Gasteiger partial charge in [-0.1, -0.05) is 0 Å². The number of halogens is 5. The largest absolute Gasteiger partial charge is 0.482 e. The SMILES string of the molecule is Cl.O=C(CC1COCCN1)Nc1ccc(F)cc1OCC(F)(F)F. The van der Waals surface area contributed by atoms with Gasteiger partial charge >= 0.3 is 6.18 Å². The van der Waals surface area contributed by atoms with E-state index in [1.807, 2.05) is 0 Å². The number of anilines is 1. The smallest absolute Gasteiger partial charge is 0.422 e. The van der Waals surface area contributed by atoms with Crippen LogP contribution in [0.5, 0.6) is 5.75 Å². The van der Waals surface area contributed by atoms with Gasteiger partial charge in [0, 0.05) is 25.1 Å². The molecule has 0 radical (unpaired) electrons. The van der Waals surface area contributed by atoms with Gasteiger partial charge < -0.3 is 20.1 Å². The zero-order chi connectivity index (χ0) is 16.9. The highest BCUT2D eigenvalue weighted by molar-refractivity contribution is 5.92. The van der Waals surface area contributed by atoms with Crippen molar-refractivity contribution in [2.24, 2.45) is 0 Å². The quantitative estimate of drug-likeness (QED) is 0.780. The van der Waals surface area contributed by atoms with Gasteiger partial charge in [0.2, 0.25) is 5.91 Å². The van der Waals surface area contributed by atoms with E-state index in [2.05, 4.69) is 15.4 Å². The van der Waals surface area contributed by atoms with Crippen molar-refractivity contribution < 1.29 is 31.8 Å². The van der Waals surface area contributed by atoms with Crippen molar-refractivity contribution in [2.45, 2.75) is 18.6 Å². The topological polar surface area (TPSA) is 59.6 Å². The van der Waals surface area contributed by atoms with Crippen molar-refractivity contribution in [3.63, 3.8) is 0 Å². The van der Waals surface area contributed by atoms with Crippen LogP contribution in [0.1, 0.15) is 6.42 Å². The van der Waals surface area contributed by atoms with E-state index < -0.39 is 24.5 Å². The van der Waals surface area contributed by atoms with E-state index in [0.29, 0.717) is 19.8 Å². The molecule has 24 heavy (non-hydrogen) atoms. The lowest BCUT2D eigenvalue weighted by molar-refractivity contribution is -0.153. The molecule has 0 spiro atoms. The molecule has 1 amide bonds. The maximum absolute atomic E-state index is 13.2. The van der Waals surface area contributed by atoms with Crippen LogP contribution in [0.4, 0.5) is 23.2 Å². The van der Waals surface area contributed by atoms with E-state index >= 15 is 0 Å². The highest BCUT2D eigenvalue weighted by atomic mass is 35.5. The summed E-state index contributed by atoms with van der Waals surface area (Å²) in [5, 5.41) is 5.51. The molecule has 0 bridgehead atoms. The number of benzene rings is 1. The van der Waals surface area contributed by atoms with E-state index in [9.17, 15) is 22.4 Å². The van der Waals surface area contributed by atoms with Gasteiger partial charge in [-0.2, -0.15) is 13.2 Å². The molecule has 1 saturated heterocycles. The zero-order valence-corrected chi connectivity index (χ0v) is 13.3. The monoisotopic (exact) mass is 372 g/mol. The zero-order valence-electron chi connectivity index (χ0n) is 12.5. The molecule has 1 aliphatic heterocycles. The third-order valence-electron chi connectivity index (χ3n) is 3.04. The summed E-state index contributed by atoms with van der Waals surface area (Å²) in [6.07, 6.45) is -4.48. The Balaban J connectivity index is 0.00000288. The summed E-state index contributed by atoms with van der Waals surface area (Å²) in [5.41, 5.74) is -0.0163. The third-order valence-corrected chi connectivity index (χ3v) is 3.04. The number of alkyl halides is 3. The van der Waals surface area contributed by atoms with E-state index in [-0.39, 0.29) is 36.3 Å². The number of rotatable bonds is 5. The predicted octanol–water partition coefficient (Wildman–Crippen LogP) is 2.51. The minimum atomic E-state index is -4.56. The molecule has 1 aliphatic rings. The highest BCUT2D eigenvalue weighted by Gasteiger charge is 2.29. The van der Waals surface area contributed by atoms with Gasteiger partial charge in [0.25, 0.3) is 0 Å². The molecule has 0 aromatic heterocycles. The first kappa shape index (κ1) is 20.5. The summed E-state index contributed by atoms with van der Waals surface area (Å²) in [5.74, 6) is -1.57. The minimum Gasteiger partial charge on any atom is -0.482 e. The average molecular weight is 373 g/mol. The summed E-state index contributed by atoms with van der Waals surface area (Å²) < 4.78 is 59.6. The number of carbonyl (C=O) groups excluding carboxylic acids is 1. The van der Waals surface area contributed by atoms with E-state index in [4.69, 9.17) is 4.74 Å². The van der Waals surface area contributed by atoms with Gasteiger partial charge in [-0.25, -0.2) is 4.39 Å². The molecular weight excluding hydrogens is 356 g/mol. The second kappa shape index (κ2) is 9.05. The Morgan fingerprint density at radius 2 is 2.17 bits per heavy atom. The van der Waals surface area contributed by atoms with Crippen LogP contribution in [-0.2, 0) is 9.53 Å². The Kier molecular flexibility index (Phi) is 7.71. The first-order valence-electron chi connectivity index (χ1n) is 6.93. The predicted molar refractivity (Wildman–Crippen MR) is 81.1 cm³/mol. The molecule has 0 saturated carbocycles. The standard InChI is InChI=1S/C14H16F4N2O3.ClH/c15-9-1-2-11(12(5-9)23-8-14(16,17)18)20-13(21)6-10-7-22-4-3-19-10;/h1-2,5,10,19H,3-4,6-8H2,(H,20,21);1H. The molecule has 1 fully saturated rings. The molecule has 1 unspecified atom stereocenters. The van der Waals surface area contributed by atoms with Gasteiger partial charge in [-0.05, 0) is 12.1 Å². The van der Waals surface area contributed by atoms with Crippen LogP contribution in [0.25, 0.3) is 0 Å². The molecule has 1 aromatic carbocycles. The average Bonchev–Trinajstić information content (AvgIpc) is 2.47. The van der Waals surface area contributed by atoms with Gasteiger partial charge in [0.1, 0.15) is 11.6 Å². The molecule has 0 aliphatic carbocycles. The van der Waals surface area contributed by atoms with Crippen molar-refractivity contribution in [2.75, 3.05) is 31.7 Å². The second-order valence-corrected chi connectivity index (χ2v) is 5.02. The van der Waals surface area contributed by atoms with Crippen LogP contribution in [0.3, 0.4) is 0 Å². The molecule has 2 N–H and O–H groups in total. The molecule has 1 aromatic rings. The molecule has 5 nitrogen and oxygen atoms in total. The normalized spacial score (nSPS) is 17.8. The number of amides is 1. The number of hydrogen-bond acceptors (Lipinski definition) is 4. The number of nitrogens with one attached hydrogen (secondary N) is 2. The van der Waals surface area contributed by atoms with E-state index in [0.717, 1.165) is 18.2 Å². The molecule has 10 heteroatoms. The van der Waals surface area contributed by atoms with Crippen LogP contribution < -0.4 is 15.4 Å². The van der Waals surface area contributed by atoms with Crippen molar-refractivity contribution in [1.29, 1.82) is 0 Å². The number of hydrogen-bond donors (Lipinski definition) is 2. The van der Waals surface area contributed by atoms with Crippen LogP contribution in [0.15, 0.2) is 18.2 Å². The molecule has 1 heterocycles. The van der Waals surface area contributed by atoms with Gasteiger partial charge in [0.05, 0.1) is 18.9 Å². The first-order valence-corrected chi connectivity index (χ1v) is 6.93. The molecular formula is C14H17ClF4N2O3. The summed E-state index contributed by atoms with van der Waals surface area (Å²) >= 11 is 0. The second-order valence-electron chi connectivity index (χ2n) is 5.02. The maximum atomic E-state index is 13.2. The first-order chi connectivity index (χ1) is 10.8. The Labute approximate surface area is 142 Å². The van der Waals surface area contributed by atoms with Gasteiger partial charge in [0.15, 0.2) is 6.61 Å². The molecule has 1 atom stereocenters. The summed E-state index contributed by atoms with van der Waals surface area (Å²) in [4.78, 5) is 11.9. The van der Waals surface area contributed by atoms with Crippen molar-refractivity contribution in [3.8, 4) is 5.75 Å².